The summed E-state index contributed by atoms with van der Waals surface area (Å²) in [5.74, 6) is -1.16. The molecule has 0 spiro atoms. The first-order valence-corrected chi connectivity index (χ1v) is 5.05. The van der Waals surface area contributed by atoms with Crippen LogP contribution in [0.5, 0.6) is 5.75 Å². The molecule has 0 bridgehead atoms. The number of benzene rings is 1. The van der Waals surface area contributed by atoms with Crippen molar-refractivity contribution >= 4 is 17.2 Å². The van der Waals surface area contributed by atoms with Crippen molar-refractivity contribution in [2.75, 3.05) is 0 Å². The van der Waals surface area contributed by atoms with Gasteiger partial charge in [-0.05, 0) is 18.2 Å². The van der Waals surface area contributed by atoms with Gasteiger partial charge in [-0.25, -0.2) is 9.18 Å². The molecule has 1 amide bonds. The van der Waals surface area contributed by atoms with Crippen LogP contribution in [0.1, 0.15) is 5.56 Å². The minimum Gasteiger partial charge on any atom is -0.772 e. The van der Waals surface area contributed by atoms with Crippen molar-refractivity contribution in [3.63, 3.8) is 0 Å². The largest absolute Gasteiger partial charge is 0.772 e. The summed E-state index contributed by atoms with van der Waals surface area (Å²) in [6.07, 6.45) is -1.05. The second-order valence-corrected chi connectivity index (χ2v) is 3.52. The summed E-state index contributed by atoms with van der Waals surface area (Å²) >= 11 is -2.41. The SMILES string of the molecule is NC(=O)Oc1ccc(F)c(CS(=O)[O-])c1. The van der Waals surface area contributed by atoms with Gasteiger partial charge in [-0.15, -0.1) is 0 Å². The Labute approximate surface area is 87.3 Å². The number of hydrogen-bond acceptors (Lipinski definition) is 4. The van der Waals surface area contributed by atoms with Crippen LogP contribution in [0.3, 0.4) is 0 Å². The van der Waals surface area contributed by atoms with Crippen LogP contribution in [-0.4, -0.2) is 14.9 Å². The maximum absolute atomic E-state index is 13.0. The van der Waals surface area contributed by atoms with Gasteiger partial charge >= 0.3 is 6.09 Å². The second kappa shape index (κ2) is 4.85. The molecule has 0 radical (unpaired) electrons. The van der Waals surface area contributed by atoms with E-state index in [1.807, 2.05) is 0 Å². The number of amides is 1. The van der Waals surface area contributed by atoms with Crippen molar-refractivity contribution in [2.45, 2.75) is 5.75 Å². The number of ether oxygens (including phenoxy) is 1. The monoisotopic (exact) mass is 232 g/mol. The maximum Gasteiger partial charge on any atom is 0.409 e. The average Bonchev–Trinajstić information content (AvgIpc) is 2.09. The molecule has 0 aromatic heterocycles. The zero-order chi connectivity index (χ0) is 11.4. The number of carbonyl (C=O) groups excluding carboxylic acids is 1. The molecule has 82 valence electrons. The third-order valence-corrected chi connectivity index (χ3v) is 2.06. The van der Waals surface area contributed by atoms with Crippen LogP contribution in [0.4, 0.5) is 9.18 Å². The smallest absolute Gasteiger partial charge is 0.409 e. The van der Waals surface area contributed by atoms with Gasteiger partial charge in [0.05, 0.1) is 0 Å². The summed E-state index contributed by atoms with van der Waals surface area (Å²) in [6.45, 7) is 0. The van der Waals surface area contributed by atoms with Crippen molar-refractivity contribution in [3.8, 4) is 5.75 Å². The molecule has 0 heterocycles. The quantitative estimate of drug-likeness (QED) is 0.775. The van der Waals surface area contributed by atoms with E-state index in [1.54, 1.807) is 0 Å². The van der Waals surface area contributed by atoms with E-state index in [4.69, 9.17) is 5.73 Å². The summed E-state index contributed by atoms with van der Waals surface area (Å²) < 4.78 is 38.2. The molecular weight excluding hydrogens is 225 g/mol. The predicted molar refractivity (Wildman–Crippen MR) is 49.2 cm³/mol. The molecule has 1 unspecified atom stereocenters. The van der Waals surface area contributed by atoms with Gasteiger partial charge < -0.3 is 15.0 Å². The standard InChI is InChI=1S/C8H8FNO4S/c9-7-2-1-6(14-8(10)11)3-5(7)4-15(12)13/h1-3H,4H2,(H2,10,11)(H,12,13)/p-1. The molecule has 0 saturated heterocycles. The third-order valence-electron chi connectivity index (χ3n) is 1.51. The Morgan fingerprint density at radius 2 is 2.27 bits per heavy atom. The van der Waals surface area contributed by atoms with Gasteiger partial charge in [-0.2, -0.15) is 0 Å². The summed E-state index contributed by atoms with van der Waals surface area (Å²) in [5.41, 5.74) is 4.66. The fraction of sp³-hybridized carbons (Fsp3) is 0.125. The first-order valence-electron chi connectivity index (χ1n) is 3.80. The summed E-state index contributed by atoms with van der Waals surface area (Å²) in [6, 6.07) is 3.29. The van der Waals surface area contributed by atoms with Gasteiger partial charge in [0.15, 0.2) is 0 Å². The number of carbonyl (C=O) groups is 1. The zero-order valence-electron chi connectivity index (χ0n) is 7.44. The second-order valence-electron chi connectivity index (χ2n) is 2.62. The Morgan fingerprint density at radius 3 is 2.80 bits per heavy atom. The predicted octanol–water partition coefficient (Wildman–Crippen LogP) is 0.662. The van der Waals surface area contributed by atoms with Crippen LogP contribution >= 0.6 is 0 Å². The van der Waals surface area contributed by atoms with Crippen LogP contribution in [0, 0.1) is 5.82 Å². The Balaban J connectivity index is 2.94. The fourth-order valence-corrected chi connectivity index (χ4v) is 1.44. The highest BCUT2D eigenvalue weighted by atomic mass is 32.2. The van der Waals surface area contributed by atoms with Crippen molar-refractivity contribution in [1.29, 1.82) is 0 Å². The Hall–Kier alpha value is -1.47. The highest BCUT2D eigenvalue weighted by Gasteiger charge is 2.06. The van der Waals surface area contributed by atoms with E-state index in [-0.39, 0.29) is 11.3 Å². The number of rotatable bonds is 3. The van der Waals surface area contributed by atoms with Gasteiger partial charge in [0.25, 0.3) is 0 Å². The maximum atomic E-state index is 13.0. The lowest BCUT2D eigenvalue weighted by molar-refractivity contribution is 0.211. The van der Waals surface area contributed by atoms with E-state index in [9.17, 15) is 17.9 Å². The molecule has 0 fully saturated rings. The van der Waals surface area contributed by atoms with Crippen molar-refractivity contribution in [2.24, 2.45) is 5.73 Å². The zero-order valence-corrected chi connectivity index (χ0v) is 8.25. The van der Waals surface area contributed by atoms with Gasteiger partial charge in [-0.3, -0.25) is 4.21 Å². The van der Waals surface area contributed by atoms with E-state index in [2.05, 4.69) is 4.74 Å². The molecule has 0 aliphatic heterocycles. The molecular formula is C8H7FNO4S-. The van der Waals surface area contributed by atoms with E-state index in [0.29, 0.717) is 0 Å². The molecule has 0 aliphatic rings. The van der Waals surface area contributed by atoms with Crippen LogP contribution in [0.2, 0.25) is 0 Å². The highest BCUT2D eigenvalue weighted by Crippen LogP contribution is 2.17. The number of nitrogens with two attached hydrogens (primary N) is 1. The molecule has 0 saturated carbocycles. The topological polar surface area (TPSA) is 92.5 Å². The first kappa shape index (κ1) is 11.6. The Kier molecular flexibility index (Phi) is 3.75. The molecule has 5 nitrogen and oxygen atoms in total. The van der Waals surface area contributed by atoms with Crippen LogP contribution < -0.4 is 10.5 Å². The highest BCUT2D eigenvalue weighted by molar-refractivity contribution is 7.78. The van der Waals surface area contributed by atoms with Crippen molar-refractivity contribution < 1.29 is 22.7 Å². The molecule has 2 N–H and O–H groups in total. The molecule has 1 aromatic carbocycles. The summed E-state index contributed by atoms with van der Waals surface area (Å²) in [7, 11) is 0. The van der Waals surface area contributed by atoms with Crippen molar-refractivity contribution in [1.82, 2.24) is 0 Å². The van der Waals surface area contributed by atoms with E-state index in [1.165, 1.54) is 6.07 Å². The number of primary amides is 1. The van der Waals surface area contributed by atoms with Crippen molar-refractivity contribution in [3.05, 3.63) is 29.6 Å². The summed E-state index contributed by atoms with van der Waals surface area (Å²) in [5, 5.41) is 0. The molecule has 15 heavy (non-hydrogen) atoms. The lowest BCUT2D eigenvalue weighted by Crippen LogP contribution is -2.16. The Morgan fingerprint density at radius 1 is 1.60 bits per heavy atom. The van der Waals surface area contributed by atoms with Crippen LogP contribution in [0.25, 0.3) is 0 Å². The third kappa shape index (κ3) is 3.64. The molecule has 1 aromatic rings. The van der Waals surface area contributed by atoms with Gasteiger partial charge in [-0.1, -0.05) is 11.1 Å². The lowest BCUT2D eigenvalue weighted by Gasteiger charge is -2.08. The Bertz CT molecular complexity index is 410. The van der Waals surface area contributed by atoms with Gasteiger partial charge in [0.1, 0.15) is 11.6 Å². The minimum atomic E-state index is -2.41. The summed E-state index contributed by atoms with van der Waals surface area (Å²) in [4.78, 5) is 10.4. The first-order chi connectivity index (χ1) is 6.99. The molecule has 1 atom stereocenters. The number of halogens is 1. The average molecular weight is 232 g/mol. The lowest BCUT2D eigenvalue weighted by atomic mass is 10.2. The van der Waals surface area contributed by atoms with Gasteiger partial charge in [0.2, 0.25) is 0 Å². The van der Waals surface area contributed by atoms with E-state index >= 15 is 0 Å². The normalized spacial score (nSPS) is 12.1. The molecule has 7 heteroatoms. The minimum absolute atomic E-state index is 0.00403. The van der Waals surface area contributed by atoms with E-state index < -0.39 is 28.7 Å². The molecule has 1 rings (SSSR count). The van der Waals surface area contributed by atoms with Crippen LogP contribution in [0.15, 0.2) is 18.2 Å². The van der Waals surface area contributed by atoms with Crippen LogP contribution in [-0.2, 0) is 16.8 Å². The van der Waals surface area contributed by atoms with E-state index in [0.717, 1.165) is 12.1 Å². The molecule has 0 aliphatic carbocycles. The fourth-order valence-electron chi connectivity index (χ4n) is 0.968. The van der Waals surface area contributed by atoms with Gasteiger partial charge in [0, 0.05) is 11.3 Å². The number of hydrogen-bond donors (Lipinski definition) is 1.